The van der Waals surface area contributed by atoms with E-state index in [1.807, 2.05) is 31.3 Å². The lowest BCUT2D eigenvalue weighted by Crippen LogP contribution is -3.00. The number of quaternary nitrogens is 1. The fourth-order valence-electron chi connectivity index (χ4n) is 2.70. The summed E-state index contributed by atoms with van der Waals surface area (Å²) in [7, 11) is 0. The number of aliphatic hydroxyl groups is 1. The summed E-state index contributed by atoms with van der Waals surface area (Å²) < 4.78 is 5.57. The molecule has 2 aromatic rings. The predicted molar refractivity (Wildman–Crippen MR) is 100 cm³/mol. The fourth-order valence-corrected chi connectivity index (χ4v) is 2.70. The minimum atomic E-state index is -0.656. The third-order valence-corrected chi connectivity index (χ3v) is 4.27. The van der Waals surface area contributed by atoms with Crippen LogP contribution in [0.3, 0.4) is 0 Å². The molecule has 2 rings (SSSR count). The van der Waals surface area contributed by atoms with Crippen molar-refractivity contribution in [2.24, 2.45) is 0 Å². The van der Waals surface area contributed by atoms with Crippen molar-refractivity contribution in [2.45, 2.75) is 38.8 Å². The molecular weight excluding hydrogens is 366 g/mol. The summed E-state index contributed by atoms with van der Waals surface area (Å²) in [6, 6.07) is 13.7. The predicted octanol–water partition coefficient (Wildman–Crippen LogP) is -0.557. The van der Waals surface area contributed by atoms with E-state index in [0.717, 1.165) is 17.7 Å². The van der Waals surface area contributed by atoms with Gasteiger partial charge in [0.1, 0.15) is 23.6 Å². The number of aromatic hydroxyl groups is 1. The number of nitrogens with two attached hydrogens (primary N) is 1. The second-order valence-electron chi connectivity index (χ2n) is 6.47. The van der Waals surface area contributed by atoms with Crippen molar-refractivity contribution in [1.29, 1.82) is 0 Å². The summed E-state index contributed by atoms with van der Waals surface area (Å²) >= 11 is 0. The minimum Gasteiger partial charge on any atom is -1.00 e. The number of halogens is 1. The molecule has 2 unspecified atom stereocenters. The van der Waals surface area contributed by atoms with Crippen molar-refractivity contribution in [3.8, 4) is 11.5 Å². The van der Waals surface area contributed by atoms with E-state index in [0.29, 0.717) is 25.1 Å². The number of carbonyl (C=O) groups is 1. The fraction of sp³-hybridized carbons (Fsp3) is 0.381. The number of rotatable bonds is 10. The van der Waals surface area contributed by atoms with Crippen LogP contribution in [0.15, 0.2) is 48.5 Å². The monoisotopic (exact) mass is 393 g/mol. The number of Topliss-reactive ketones (excluding diaryl/α,β-unsaturated/α-hetero) is 1. The Morgan fingerprint density at radius 3 is 2.56 bits per heavy atom. The van der Waals surface area contributed by atoms with E-state index in [2.05, 4.69) is 0 Å². The second kappa shape index (κ2) is 11.6. The highest BCUT2D eigenvalue weighted by atomic mass is 35.5. The van der Waals surface area contributed by atoms with E-state index >= 15 is 0 Å². The SMILES string of the molecule is CCCOc1cccc(C(=O)CC[NH2+]C(C)C(O)c2ccc(O)cc2)c1.[Cl-]. The van der Waals surface area contributed by atoms with Gasteiger partial charge >= 0.3 is 0 Å². The number of benzene rings is 2. The van der Waals surface area contributed by atoms with Gasteiger partial charge in [-0.25, -0.2) is 0 Å². The van der Waals surface area contributed by atoms with Gasteiger partial charge in [-0.15, -0.1) is 0 Å². The van der Waals surface area contributed by atoms with Gasteiger partial charge in [0.05, 0.1) is 19.6 Å². The lowest BCUT2D eigenvalue weighted by molar-refractivity contribution is -0.693. The number of ketones is 1. The van der Waals surface area contributed by atoms with Crippen LogP contribution in [-0.2, 0) is 0 Å². The molecule has 0 saturated heterocycles. The van der Waals surface area contributed by atoms with Crippen LogP contribution in [0.1, 0.15) is 48.7 Å². The third-order valence-electron chi connectivity index (χ3n) is 4.27. The van der Waals surface area contributed by atoms with Gasteiger partial charge < -0.3 is 32.7 Å². The Balaban J connectivity index is 0.00000364. The first-order chi connectivity index (χ1) is 12.5. The number of aliphatic hydroxyl groups excluding tert-OH is 1. The van der Waals surface area contributed by atoms with Gasteiger partial charge in [-0.3, -0.25) is 4.79 Å². The van der Waals surface area contributed by atoms with Crippen LogP contribution in [-0.4, -0.2) is 35.2 Å². The van der Waals surface area contributed by atoms with Crippen molar-refractivity contribution >= 4 is 5.78 Å². The number of carbonyl (C=O) groups excluding carboxylic acids is 1. The topological polar surface area (TPSA) is 83.4 Å². The Kier molecular flexibility index (Phi) is 9.86. The number of phenolic OH excluding ortho intramolecular Hbond substituents is 1. The van der Waals surface area contributed by atoms with Crippen LogP contribution in [0.2, 0.25) is 0 Å². The molecule has 4 N–H and O–H groups in total. The van der Waals surface area contributed by atoms with E-state index < -0.39 is 6.10 Å². The van der Waals surface area contributed by atoms with Gasteiger partial charge in [0, 0.05) is 5.56 Å². The van der Waals surface area contributed by atoms with E-state index in [1.165, 1.54) is 0 Å². The Morgan fingerprint density at radius 2 is 1.89 bits per heavy atom. The summed E-state index contributed by atoms with van der Waals surface area (Å²) in [6.45, 7) is 5.19. The summed E-state index contributed by atoms with van der Waals surface area (Å²) in [5.41, 5.74) is 1.40. The Hall–Kier alpha value is -2.08. The van der Waals surface area contributed by atoms with Crippen LogP contribution < -0.4 is 22.5 Å². The minimum absolute atomic E-state index is 0. The van der Waals surface area contributed by atoms with Crippen molar-refractivity contribution in [3.63, 3.8) is 0 Å². The average molecular weight is 394 g/mol. The van der Waals surface area contributed by atoms with Crippen LogP contribution in [0.4, 0.5) is 0 Å². The summed E-state index contributed by atoms with van der Waals surface area (Å²) in [6.07, 6.45) is 0.662. The smallest absolute Gasteiger partial charge is 0.168 e. The molecule has 2 aromatic carbocycles. The zero-order valence-corrected chi connectivity index (χ0v) is 16.5. The maximum absolute atomic E-state index is 12.4. The summed E-state index contributed by atoms with van der Waals surface area (Å²) in [4.78, 5) is 12.4. The average Bonchev–Trinajstić information content (AvgIpc) is 2.66. The molecule has 0 aromatic heterocycles. The number of hydrogen-bond donors (Lipinski definition) is 3. The zero-order valence-electron chi connectivity index (χ0n) is 15.8. The van der Waals surface area contributed by atoms with E-state index in [-0.39, 0.29) is 30.0 Å². The number of hydrogen-bond acceptors (Lipinski definition) is 4. The molecule has 0 aliphatic rings. The first-order valence-electron chi connectivity index (χ1n) is 9.07. The normalized spacial score (nSPS) is 12.7. The van der Waals surface area contributed by atoms with Crippen LogP contribution in [0.25, 0.3) is 0 Å². The third kappa shape index (κ3) is 7.21. The maximum atomic E-state index is 12.4. The van der Waals surface area contributed by atoms with Gasteiger partial charge in [-0.2, -0.15) is 0 Å². The highest BCUT2D eigenvalue weighted by Crippen LogP contribution is 2.18. The van der Waals surface area contributed by atoms with E-state index in [9.17, 15) is 15.0 Å². The van der Waals surface area contributed by atoms with Crippen LogP contribution >= 0.6 is 0 Å². The molecular formula is C21H28ClNO4. The first kappa shape index (κ1) is 23.0. The zero-order chi connectivity index (χ0) is 18.9. The van der Waals surface area contributed by atoms with Crippen molar-refractivity contribution in [3.05, 3.63) is 59.7 Å². The Bertz CT molecular complexity index is 706. The molecule has 0 saturated carbocycles. The lowest BCUT2D eigenvalue weighted by Gasteiger charge is -2.17. The van der Waals surface area contributed by atoms with Gasteiger partial charge in [0.2, 0.25) is 0 Å². The first-order valence-corrected chi connectivity index (χ1v) is 9.07. The highest BCUT2D eigenvalue weighted by Gasteiger charge is 2.19. The van der Waals surface area contributed by atoms with Crippen molar-refractivity contribution in [2.75, 3.05) is 13.2 Å². The Labute approximate surface area is 166 Å². The lowest BCUT2D eigenvalue weighted by atomic mass is 10.0. The van der Waals surface area contributed by atoms with Gasteiger partial charge in [0.25, 0.3) is 0 Å². The van der Waals surface area contributed by atoms with E-state index in [4.69, 9.17) is 4.74 Å². The van der Waals surface area contributed by atoms with Crippen LogP contribution in [0, 0.1) is 0 Å². The molecule has 0 aliphatic heterocycles. The quantitative estimate of drug-likeness (QED) is 0.473. The highest BCUT2D eigenvalue weighted by molar-refractivity contribution is 5.96. The number of phenols is 1. The molecule has 2 atom stereocenters. The van der Waals surface area contributed by atoms with Gasteiger partial charge in [-0.05, 0) is 43.2 Å². The molecule has 27 heavy (non-hydrogen) atoms. The molecule has 0 amide bonds. The molecule has 0 aliphatic carbocycles. The molecule has 5 nitrogen and oxygen atoms in total. The molecule has 0 spiro atoms. The molecule has 0 heterocycles. The van der Waals surface area contributed by atoms with E-state index in [1.54, 1.807) is 36.4 Å². The second-order valence-corrected chi connectivity index (χ2v) is 6.47. The number of ether oxygens (including phenoxy) is 1. The van der Waals surface area contributed by atoms with Crippen molar-refractivity contribution < 1.29 is 37.5 Å². The van der Waals surface area contributed by atoms with Gasteiger partial charge in [0.15, 0.2) is 5.78 Å². The van der Waals surface area contributed by atoms with Crippen LogP contribution in [0.5, 0.6) is 11.5 Å². The molecule has 0 bridgehead atoms. The maximum Gasteiger partial charge on any atom is 0.168 e. The van der Waals surface area contributed by atoms with Gasteiger partial charge in [-0.1, -0.05) is 31.2 Å². The molecule has 0 fully saturated rings. The van der Waals surface area contributed by atoms with Crippen molar-refractivity contribution in [1.82, 2.24) is 0 Å². The molecule has 0 radical (unpaired) electrons. The summed E-state index contributed by atoms with van der Waals surface area (Å²) in [5.74, 6) is 0.959. The molecule has 6 heteroatoms. The summed E-state index contributed by atoms with van der Waals surface area (Å²) in [5, 5.41) is 21.7. The Morgan fingerprint density at radius 1 is 1.19 bits per heavy atom. The largest absolute Gasteiger partial charge is 1.00 e. The molecule has 148 valence electrons. The standard InChI is InChI=1S/C21H27NO4.ClH/c1-3-13-26-19-6-4-5-17(14-19)20(24)11-12-22-15(2)21(25)16-7-9-18(23)10-8-16;/h4-10,14-15,21-23,25H,3,11-13H2,1-2H3;1H.